The first-order valence-corrected chi connectivity index (χ1v) is 8.29. The van der Waals surface area contributed by atoms with E-state index >= 15 is 0 Å². The fourth-order valence-electron chi connectivity index (χ4n) is 2.14. The minimum Gasteiger partial charge on any atom is -0.316 e. The lowest BCUT2D eigenvalue weighted by molar-refractivity contribution is 0.576. The van der Waals surface area contributed by atoms with Gasteiger partial charge in [0.15, 0.2) is 0 Å². The summed E-state index contributed by atoms with van der Waals surface area (Å²) in [5.74, 6) is 0.480. The standard InChI is InChI=1S/C13H19ClN2O2S/c1-3-9-6-13(9)16-19(17,18)11-5-4-10(8-15-2)12(14)7-11/h4-5,7,9,13,15-16H,3,6,8H2,1-2H3. The van der Waals surface area contributed by atoms with E-state index in [1.54, 1.807) is 12.1 Å². The number of hydrogen-bond donors (Lipinski definition) is 2. The van der Waals surface area contributed by atoms with E-state index in [1.807, 2.05) is 7.05 Å². The Morgan fingerprint density at radius 2 is 2.16 bits per heavy atom. The smallest absolute Gasteiger partial charge is 0.240 e. The largest absolute Gasteiger partial charge is 0.316 e. The quantitative estimate of drug-likeness (QED) is 0.846. The van der Waals surface area contributed by atoms with E-state index in [1.165, 1.54) is 6.07 Å². The molecule has 1 aromatic carbocycles. The van der Waals surface area contributed by atoms with Gasteiger partial charge in [-0.25, -0.2) is 13.1 Å². The van der Waals surface area contributed by atoms with E-state index in [2.05, 4.69) is 17.0 Å². The summed E-state index contributed by atoms with van der Waals surface area (Å²) in [4.78, 5) is 0.235. The SMILES string of the molecule is CCC1CC1NS(=O)(=O)c1ccc(CNC)c(Cl)c1. The number of sulfonamides is 1. The van der Waals surface area contributed by atoms with Crippen molar-refractivity contribution in [1.82, 2.24) is 10.0 Å². The second kappa shape index (κ2) is 5.79. The molecule has 0 bridgehead atoms. The lowest BCUT2D eigenvalue weighted by atomic mass is 10.2. The molecule has 0 heterocycles. The van der Waals surface area contributed by atoms with Gasteiger partial charge in [-0.1, -0.05) is 31.0 Å². The van der Waals surface area contributed by atoms with Crippen LogP contribution in [0.15, 0.2) is 23.1 Å². The first-order chi connectivity index (χ1) is 8.97. The van der Waals surface area contributed by atoms with Gasteiger partial charge in [0.25, 0.3) is 0 Å². The van der Waals surface area contributed by atoms with Gasteiger partial charge in [0.05, 0.1) is 4.90 Å². The summed E-state index contributed by atoms with van der Waals surface area (Å²) < 4.78 is 27.1. The van der Waals surface area contributed by atoms with Gasteiger partial charge in [0, 0.05) is 17.6 Å². The predicted molar refractivity (Wildman–Crippen MR) is 76.7 cm³/mol. The van der Waals surface area contributed by atoms with Crippen molar-refractivity contribution in [3.05, 3.63) is 28.8 Å². The number of hydrogen-bond acceptors (Lipinski definition) is 3. The third kappa shape index (κ3) is 3.48. The van der Waals surface area contributed by atoms with E-state index in [4.69, 9.17) is 11.6 Å². The van der Waals surface area contributed by atoms with Gasteiger partial charge in [0.2, 0.25) is 10.0 Å². The van der Waals surface area contributed by atoms with Crippen molar-refractivity contribution in [1.29, 1.82) is 0 Å². The van der Waals surface area contributed by atoms with Crippen molar-refractivity contribution in [3.8, 4) is 0 Å². The van der Waals surface area contributed by atoms with Crippen LogP contribution in [0.5, 0.6) is 0 Å². The van der Waals surface area contributed by atoms with E-state index in [9.17, 15) is 8.42 Å². The fraction of sp³-hybridized carbons (Fsp3) is 0.538. The van der Waals surface area contributed by atoms with Crippen LogP contribution in [0, 0.1) is 5.92 Å². The van der Waals surface area contributed by atoms with Crippen LogP contribution in [0.25, 0.3) is 0 Å². The molecule has 106 valence electrons. The molecule has 0 radical (unpaired) electrons. The van der Waals surface area contributed by atoms with Gasteiger partial charge in [0.1, 0.15) is 0 Å². The van der Waals surface area contributed by atoms with Crippen LogP contribution in [0.4, 0.5) is 0 Å². The lowest BCUT2D eigenvalue weighted by Gasteiger charge is -2.09. The van der Waals surface area contributed by atoms with Crippen molar-refractivity contribution < 1.29 is 8.42 Å². The van der Waals surface area contributed by atoms with Gasteiger partial charge in [-0.05, 0) is 37.1 Å². The molecule has 2 unspecified atom stereocenters. The summed E-state index contributed by atoms with van der Waals surface area (Å²) in [5, 5.41) is 3.46. The van der Waals surface area contributed by atoms with Crippen LogP contribution in [0.1, 0.15) is 25.3 Å². The average molecular weight is 303 g/mol. The van der Waals surface area contributed by atoms with Crippen molar-refractivity contribution in [2.24, 2.45) is 5.92 Å². The fourth-order valence-corrected chi connectivity index (χ4v) is 3.80. The second-order valence-electron chi connectivity index (χ2n) is 4.92. The Hall–Kier alpha value is -0.620. The number of halogens is 1. The van der Waals surface area contributed by atoms with Crippen molar-refractivity contribution in [3.63, 3.8) is 0 Å². The predicted octanol–water partition coefficient (Wildman–Crippen LogP) is 2.14. The maximum Gasteiger partial charge on any atom is 0.240 e. The molecule has 0 saturated heterocycles. The van der Waals surface area contributed by atoms with Crippen LogP contribution in [-0.4, -0.2) is 21.5 Å². The molecule has 2 rings (SSSR count). The first-order valence-electron chi connectivity index (χ1n) is 6.43. The summed E-state index contributed by atoms with van der Waals surface area (Å²) >= 11 is 6.09. The van der Waals surface area contributed by atoms with E-state index in [-0.39, 0.29) is 10.9 Å². The van der Waals surface area contributed by atoms with Gasteiger partial charge in [-0.15, -0.1) is 0 Å². The van der Waals surface area contributed by atoms with E-state index in [0.29, 0.717) is 17.5 Å². The molecule has 1 saturated carbocycles. The molecule has 1 aromatic rings. The monoisotopic (exact) mass is 302 g/mol. The molecule has 2 atom stereocenters. The van der Waals surface area contributed by atoms with Gasteiger partial charge in [-0.2, -0.15) is 0 Å². The molecule has 4 nitrogen and oxygen atoms in total. The molecular weight excluding hydrogens is 284 g/mol. The van der Waals surface area contributed by atoms with Crippen LogP contribution in [0.2, 0.25) is 5.02 Å². The third-order valence-corrected chi connectivity index (χ3v) is 5.29. The summed E-state index contributed by atoms with van der Waals surface area (Å²) in [6.07, 6.45) is 1.94. The molecule has 0 spiro atoms. The summed E-state index contributed by atoms with van der Waals surface area (Å²) in [6.45, 7) is 2.69. The normalized spacial score (nSPS) is 22.5. The van der Waals surface area contributed by atoms with Gasteiger partial charge < -0.3 is 5.32 Å². The summed E-state index contributed by atoms with van der Waals surface area (Å²) in [6, 6.07) is 4.95. The highest BCUT2D eigenvalue weighted by atomic mass is 35.5. The highest BCUT2D eigenvalue weighted by Gasteiger charge is 2.38. The average Bonchev–Trinajstić information content (AvgIpc) is 3.09. The molecule has 1 aliphatic rings. The third-order valence-electron chi connectivity index (χ3n) is 3.46. The molecule has 1 fully saturated rings. The molecule has 0 aromatic heterocycles. The Bertz CT molecular complexity index is 560. The molecular formula is C13H19ClN2O2S. The van der Waals surface area contributed by atoms with Crippen molar-refractivity contribution in [2.45, 2.75) is 37.2 Å². The Kier molecular flexibility index (Phi) is 4.50. The second-order valence-corrected chi connectivity index (χ2v) is 7.04. The molecule has 6 heteroatoms. The Morgan fingerprint density at radius 1 is 1.42 bits per heavy atom. The maximum atomic E-state index is 12.2. The first kappa shape index (κ1) is 14.8. The zero-order chi connectivity index (χ0) is 14.0. The Balaban J connectivity index is 2.14. The van der Waals surface area contributed by atoms with Crippen molar-refractivity contribution in [2.75, 3.05) is 7.05 Å². The molecule has 0 amide bonds. The van der Waals surface area contributed by atoms with Crippen LogP contribution in [0.3, 0.4) is 0 Å². The van der Waals surface area contributed by atoms with Gasteiger partial charge in [-0.3, -0.25) is 0 Å². The molecule has 1 aliphatic carbocycles. The highest BCUT2D eigenvalue weighted by molar-refractivity contribution is 7.89. The maximum absolute atomic E-state index is 12.2. The van der Waals surface area contributed by atoms with Crippen LogP contribution < -0.4 is 10.0 Å². The molecule has 19 heavy (non-hydrogen) atoms. The van der Waals surface area contributed by atoms with E-state index < -0.39 is 10.0 Å². The zero-order valence-corrected chi connectivity index (χ0v) is 12.7. The Labute approximate surface area is 119 Å². The minimum absolute atomic E-state index is 0.0887. The van der Waals surface area contributed by atoms with E-state index in [0.717, 1.165) is 18.4 Å². The highest BCUT2D eigenvalue weighted by Crippen LogP contribution is 2.34. The minimum atomic E-state index is -3.45. The Morgan fingerprint density at radius 3 is 2.68 bits per heavy atom. The topological polar surface area (TPSA) is 58.2 Å². The number of benzene rings is 1. The zero-order valence-electron chi connectivity index (χ0n) is 11.1. The van der Waals surface area contributed by atoms with Crippen LogP contribution in [-0.2, 0) is 16.6 Å². The molecule has 2 N–H and O–H groups in total. The lowest BCUT2D eigenvalue weighted by Crippen LogP contribution is -2.27. The number of nitrogens with one attached hydrogen (secondary N) is 2. The van der Waals surface area contributed by atoms with Crippen molar-refractivity contribution >= 4 is 21.6 Å². The summed E-state index contributed by atoms with van der Waals surface area (Å²) in [5.41, 5.74) is 0.890. The van der Waals surface area contributed by atoms with Crippen LogP contribution >= 0.6 is 11.6 Å². The number of rotatable bonds is 6. The molecule has 0 aliphatic heterocycles. The van der Waals surface area contributed by atoms with Gasteiger partial charge >= 0.3 is 0 Å². The summed E-state index contributed by atoms with van der Waals surface area (Å²) in [7, 11) is -1.63.